The maximum Gasteiger partial charge on any atom is 0.123 e. The Balaban J connectivity index is 1.70. The second-order valence-electron chi connectivity index (χ2n) is 6.88. The summed E-state index contributed by atoms with van der Waals surface area (Å²) in [6.45, 7) is 5.55. The van der Waals surface area contributed by atoms with E-state index in [0.717, 1.165) is 30.0 Å². The van der Waals surface area contributed by atoms with Gasteiger partial charge in [0.15, 0.2) is 0 Å². The van der Waals surface area contributed by atoms with Crippen molar-refractivity contribution in [3.63, 3.8) is 0 Å². The molecule has 0 unspecified atom stereocenters. The van der Waals surface area contributed by atoms with Crippen LogP contribution in [-0.2, 0) is 6.54 Å². The van der Waals surface area contributed by atoms with Crippen LogP contribution in [0.3, 0.4) is 0 Å². The van der Waals surface area contributed by atoms with Crippen LogP contribution in [0.5, 0.6) is 5.75 Å². The predicted molar refractivity (Wildman–Crippen MR) is 105 cm³/mol. The van der Waals surface area contributed by atoms with E-state index in [1.54, 1.807) is 6.26 Å². The lowest BCUT2D eigenvalue weighted by Crippen LogP contribution is -2.17. The quantitative estimate of drug-likeness (QED) is 0.506. The molecule has 0 bridgehead atoms. The Bertz CT molecular complexity index is 795. The van der Waals surface area contributed by atoms with Gasteiger partial charge in [-0.25, -0.2) is 4.39 Å². The van der Waals surface area contributed by atoms with Gasteiger partial charge in [-0.05, 0) is 74.3 Å². The lowest BCUT2D eigenvalue weighted by Gasteiger charge is -2.19. The van der Waals surface area contributed by atoms with Crippen LogP contribution >= 0.6 is 0 Å². The normalized spacial score (nSPS) is 12.3. The van der Waals surface area contributed by atoms with E-state index in [4.69, 9.17) is 9.15 Å². The predicted octanol–water partition coefficient (Wildman–Crippen LogP) is 5.52. The number of ether oxygens (including phenoxy) is 1. The molecule has 0 spiro atoms. The highest BCUT2D eigenvalue weighted by molar-refractivity contribution is 5.36. The molecule has 1 heterocycles. The molecule has 1 aromatic heterocycles. The van der Waals surface area contributed by atoms with Crippen LogP contribution < -0.4 is 10.1 Å². The molecule has 0 aliphatic rings. The molecular formula is C23H26FNO2. The Morgan fingerprint density at radius 3 is 2.22 bits per heavy atom. The first-order valence-corrected chi connectivity index (χ1v) is 9.37. The molecule has 0 saturated carbocycles. The lowest BCUT2D eigenvalue weighted by atomic mass is 9.88. The number of halogens is 1. The summed E-state index contributed by atoms with van der Waals surface area (Å²) in [5.41, 5.74) is 2.30. The van der Waals surface area contributed by atoms with Crippen molar-refractivity contribution in [2.24, 2.45) is 0 Å². The van der Waals surface area contributed by atoms with Gasteiger partial charge in [0.05, 0.1) is 18.9 Å². The van der Waals surface area contributed by atoms with E-state index in [-0.39, 0.29) is 17.8 Å². The van der Waals surface area contributed by atoms with Gasteiger partial charge in [-0.1, -0.05) is 24.3 Å². The second-order valence-corrected chi connectivity index (χ2v) is 6.88. The Labute approximate surface area is 160 Å². The molecule has 0 aliphatic carbocycles. The smallest absolute Gasteiger partial charge is 0.123 e. The number of hydrogen-bond donors (Lipinski definition) is 1. The van der Waals surface area contributed by atoms with E-state index in [1.807, 2.05) is 50.2 Å². The standard InChI is InChI=1S/C23H26FNO2/c1-17(2)27-21-11-7-19(8-12-21)23(18-5-9-20(24)10-6-18)13-14-25-16-22-4-3-15-26-22/h3-12,15,17,23,25H,13-14,16H2,1-2H3/t23-/m0/s1. The zero-order chi connectivity index (χ0) is 19.1. The first-order valence-electron chi connectivity index (χ1n) is 9.37. The largest absolute Gasteiger partial charge is 0.491 e. The van der Waals surface area contributed by atoms with Crippen molar-refractivity contribution >= 4 is 0 Å². The van der Waals surface area contributed by atoms with Crippen LogP contribution in [0.15, 0.2) is 71.3 Å². The van der Waals surface area contributed by atoms with Gasteiger partial charge in [0, 0.05) is 5.92 Å². The van der Waals surface area contributed by atoms with Crippen molar-refractivity contribution in [1.29, 1.82) is 0 Å². The van der Waals surface area contributed by atoms with Crippen LogP contribution in [0.2, 0.25) is 0 Å². The Morgan fingerprint density at radius 1 is 0.963 bits per heavy atom. The summed E-state index contributed by atoms with van der Waals surface area (Å²) in [5, 5.41) is 3.41. The van der Waals surface area contributed by atoms with Crippen LogP contribution in [0.4, 0.5) is 4.39 Å². The molecule has 142 valence electrons. The molecule has 0 saturated heterocycles. The van der Waals surface area contributed by atoms with Crippen molar-refractivity contribution in [3.8, 4) is 5.75 Å². The molecule has 0 fully saturated rings. The van der Waals surface area contributed by atoms with Gasteiger partial charge in [0.25, 0.3) is 0 Å². The van der Waals surface area contributed by atoms with Crippen LogP contribution in [-0.4, -0.2) is 12.6 Å². The second kappa shape index (κ2) is 9.38. The van der Waals surface area contributed by atoms with Crippen molar-refractivity contribution < 1.29 is 13.5 Å². The maximum atomic E-state index is 13.4. The Morgan fingerprint density at radius 2 is 1.63 bits per heavy atom. The number of rotatable bonds is 9. The van der Waals surface area contributed by atoms with Gasteiger partial charge in [-0.3, -0.25) is 0 Å². The minimum Gasteiger partial charge on any atom is -0.491 e. The van der Waals surface area contributed by atoms with Crippen molar-refractivity contribution in [1.82, 2.24) is 5.32 Å². The fourth-order valence-electron chi connectivity index (χ4n) is 3.14. The van der Waals surface area contributed by atoms with Crippen molar-refractivity contribution in [2.45, 2.75) is 38.8 Å². The minimum absolute atomic E-state index is 0.148. The highest BCUT2D eigenvalue weighted by Crippen LogP contribution is 2.29. The molecule has 0 radical (unpaired) electrons. The minimum atomic E-state index is -0.214. The Hall–Kier alpha value is -2.59. The van der Waals surface area contributed by atoms with Gasteiger partial charge < -0.3 is 14.5 Å². The molecule has 3 rings (SSSR count). The van der Waals surface area contributed by atoms with Gasteiger partial charge in [-0.2, -0.15) is 0 Å². The SMILES string of the molecule is CC(C)Oc1ccc([C@@H](CCNCc2ccco2)c2ccc(F)cc2)cc1. The number of furan rings is 1. The van der Waals surface area contributed by atoms with Gasteiger partial charge in [0.2, 0.25) is 0 Å². The van der Waals surface area contributed by atoms with E-state index in [2.05, 4.69) is 17.4 Å². The fraction of sp³-hybridized carbons (Fsp3) is 0.304. The molecule has 0 amide bonds. The fourth-order valence-corrected chi connectivity index (χ4v) is 3.14. The summed E-state index contributed by atoms with van der Waals surface area (Å²) in [7, 11) is 0. The summed E-state index contributed by atoms with van der Waals surface area (Å²) >= 11 is 0. The van der Waals surface area contributed by atoms with Crippen LogP contribution in [0, 0.1) is 5.82 Å². The molecule has 4 heteroatoms. The molecule has 3 nitrogen and oxygen atoms in total. The average molecular weight is 367 g/mol. The maximum absolute atomic E-state index is 13.4. The topological polar surface area (TPSA) is 34.4 Å². The number of hydrogen-bond acceptors (Lipinski definition) is 3. The average Bonchev–Trinajstić information content (AvgIpc) is 3.17. The highest BCUT2D eigenvalue weighted by atomic mass is 19.1. The molecule has 0 aliphatic heterocycles. The number of benzene rings is 2. The molecule has 1 atom stereocenters. The summed E-state index contributed by atoms with van der Waals surface area (Å²) < 4.78 is 24.4. The molecule has 2 aromatic carbocycles. The van der Waals surface area contributed by atoms with Gasteiger partial charge >= 0.3 is 0 Å². The zero-order valence-corrected chi connectivity index (χ0v) is 15.8. The van der Waals surface area contributed by atoms with Crippen LogP contribution in [0.1, 0.15) is 43.1 Å². The molecule has 3 aromatic rings. The third kappa shape index (κ3) is 5.69. The molecule has 1 N–H and O–H groups in total. The molecular weight excluding hydrogens is 341 g/mol. The van der Waals surface area contributed by atoms with E-state index < -0.39 is 0 Å². The van der Waals surface area contributed by atoms with Crippen molar-refractivity contribution in [3.05, 3.63) is 89.6 Å². The van der Waals surface area contributed by atoms with Crippen molar-refractivity contribution in [2.75, 3.05) is 6.54 Å². The highest BCUT2D eigenvalue weighted by Gasteiger charge is 2.15. The Kier molecular flexibility index (Phi) is 6.66. The van der Waals surface area contributed by atoms with E-state index in [1.165, 1.54) is 17.7 Å². The lowest BCUT2D eigenvalue weighted by molar-refractivity contribution is 0.242. The third-order valence-electron chi connectivity index (χ3n) is 4.42. The third-order valence-corrected chi connectivity index (χ3v) is 4.42. The van der Waals surface area contributed by atoms with E-state index >= 15 is 0 Å². The first-order chi connectivity index (χ1) is 13.1. The molecule has 27 heavy (non-hydrogen) atoms. The monoisotopic (exact) mass is 367 g/mol. The van der Waals surface area contributed by atoms with Crippen LogP contribution in [0.25, 0.3) is 0 Å². The van der Waals surface area contributed by atoms with Gasteiger partial charge in [-0.15, -0.1) is 0 Å². The van der Waals surface area contributed by atoms with E-state index in [9.17, 15) is 4.39 Å². The summed E-state index contributed by atoms with van der Waals surface area (Å²) in [6, 6.07) is 18.8. The zero-order valence-electron chi connectivity index (χ0n) is 15.8. The van der Waals surface area contributed by atoms with E-state index in [0.29, 0.717) is 6.54 Å². The summed E-state index contributed by atoms with van der Waals surface area (Å²) in [5.74, 6) is 1.75. The number of nitrogens with one attached hydrogen (secondary N) is 1. The summed E-state index contributed by atoms with van der Waals surface area (Å²) in [6.07, 6.45) is 2.73. The summed E-state index contributed by atoms with van der Waals surface area (Å²) in [4.78, 5) is 0. The van der Waals surface area contributed by atoms with Gasteiger partial charge in [0.1, 0.15) is 17.3 Å². The first kappa shape index (κ1) is 19.2.